The van der Waals surface area contributed by atoms with Crippen LogP contribution in [0.4, 0.5) is 5.69 Å². The molecule has 0 radical (unpaired) electrons. The molecule has 5 aromatic rings. The second kappa shape index (κ2) is 11.7. The van der Waals surface area contributed by atoms with Gasteiger partial charge in [-0.05, 0) is 50.2 Å². The number of halogens is 2. The number of benzene rings is 3. The predicted octanol–water partition coefficient (Wildman–Crippen LogP) is 7.01. The monoisotopic (exact) mass is 537 g/mol. The van der Waals surface area contributed by atoms with Gasteiger partial charge in [0.2, 0.25) is 0 Å². The molecule has 0 saturated carbocycles. The first-order valence-electron chi connectivity index (χ1n) is 11.2. The predicted molar refractivity (Wildman–Crippen MR) is 139 cm³/mol. The van der Waals surface area contributed by atoms with Crippen LogP contribution in [0.15, 0.2) is 78.9 Å². The van der Waals surface area contributed by atoms with Gasteiger partial charge >= 0.3 is 33.0 Å². The van der Waals surface area contributed by atoms with Gasteiger partial charge in [0.25, 0.3) is 0 Å². The van der Waals surface area contributed by atoms with Crippen LogP contribution < -0.4 is 4.90 Å². The molecule has 8 heteroatoms. The van der Waals surface area contributed by atoms with E-state index in [9.17, 15) is 0 Å². The Bertz CT molecular complexity index is 1270. The number of hydrogen-bond acceptors (Lipinski definition) is 3. The molecule has 0 unspecified atom stereocenters. The molecule has 0 fully saturated rings. The summed E-state index contributed by atoms with van der Waals surface area (Å²) in [7, 11) is 9.40. The molecule has 34 heavy (non-hydrogen) atoms. The van der Waals surface area contributed by atoms with Crippen molar-refractivity contribution in [1.29, 1.82) is 0 Å². The molecule has 0 aliphatic rings. The van der Waals surface area contributed by atoms with E-state index in [0.29, 0.717) is 12.7 Å². The van der Waals surface area contributed by atoms with E-state index in [4.69, 9.17) is 30.4 Å². The third-order valence-corrected chi connectivity index (χ3v) is 5.89. The molecule has 0 aliphatic heterocycles. The standard InChI is InChI=1S/C26H27N5.2ClH.Ni/c1-3-30-23-16-10-8-14-21(23)27-25(30)18-29(20-12-6-5-7-13-20)19-26-28-22-15-9-11-17-24(22)31(26)4-2;;;/h5-17H,3-4,18-19H2,1-2H3;2*1H;/q;;;+2/p-2. The zero-order chi connectivity index (χ0) is 23.9. The Morgan fingerprint density at radius 2 is 1.09 bits per heavy atom. The van der Waals surface area contributed by atoms with E-state index < -0.39 is 0 Å². The minimum atomic E-state index is 0.569. The Morgan fingerprint density at radius 3 is 1.53 bits per heavy atom. The van der Waals surface area contributed by atoms with Gasteiger partial charge < -0.3 is 14.0 Å². The Hall–Kier alpha value is -2.53. The number of anilines is 1. The van der Waals surface area contributed by atoms with E-state index in [1.807, 2.05) is 0 Å². The third-order valence-electron chi connectivity index (χ3n) is 5.89. The summed E-state index contributed by atoms with van der Waals surface area (Å²) in [5.41, 5.74) is 5.65. The molecule has 5 rings (SSSR count). The van der Waals surface area contributed by atoms with E-state index in [1.165, 1.54) is 16.7 Å². The van der Waals surface area contributed by atoms with Crippen molar-refractivity contribution in [1.82, 2.24) is 19.1 Å². The zero-order valence-electron chi connectivity index (χ0n) is 19.1. The van der Waals surface area contributed by atoms with Crippen molar-refractivity contribution in [2.24, 2.45) is 0 Å². The van der Waals surface area contributed by atoms with Crippen molar-refractivity contribution < 1.29 is 12.7 Å². The number of nitrogens with zero attached hydrogens (tertiary/aromatic N) is 5. The van der Waals surface area contributed by atoms with Gasteiger partial charge in [0.15, 0.2) is 0 Å². The van der Waals surface area contributed by atoms with Gasteiger partial charge in [-0.1, -0.05) is 42.5 Å². The SMILES string of the molecule is CCn1c(CN(Cc2nc3ccccc3n2CC)c2ccccc2)nc2ccccc21.[Cl][Ni][Cl]. The molecule has 5 nitrogen and oxygen atoms in total. The molecule has 2 heterocycles. The third kappa shape index (κ3) is 5.25. The van der Waals surface area contributed by atoms with Gasteiger partial charge in [-0.3, -0.25) is 0 Å². The summed E-state index contributed by atoms with van der Waals surface area (Å²) in [5.74, 6) is 2.15. The molecule has 0 atom stereocenters. The average Bonchev–Trinajstić information content (AvgIpc) is 3.41. The molecule has 0 bridgehead atoms. The second-order valence-corrected chi connectivity index (χ2v) is 9.39. The Morgan fingerprint density at radius 1 is 0.676 bits per heavy atom. The molecule has 2 aromatic heterocycles. The van der Waals surface area contributed by atoms with Crippen LogP contribution in [-0.2, 0) is 38.8 Å². The number of aromatic nitrogens is 4. The summed E-state index contributed by atoms with van der Waals surface area (Å²) >= 11 is 0.569. The van der Waals surface area contributed by atoms with Gasteiger partial charge in [0.1, 0.15) is 11.6 Å². The number of rotatable bonds is 7. The van der Waals surface area contributed by atoms with Crippen LogP contribution in [-0.4, -0.2) is 19.1 Å². The van der Waals surface area contributed by atoms with Crippen LogP contribution in [0.1, 0.15) is 25.5 Å². The maximum atomic E-state index is 4.97. The number of hydrogen-bond donors (Lipinski definition) is 0. The average molecular weight is 539 g/mol. The summed E-state index contributed by atoms with van der Waals surface area (Å²) in [5, 5.41) is 0. The second-order valence-electron chi connectivity index (χ2n) is 7.76. The van der Waals surface area contributed by atoms with Crippen molar-refractivity contribution in [3.8, 4) is 0 Å². The Kier molecular flexibility index (Phi) is 8.50. The van der Waals surface area contributed by atoms with Gasteiger partial charge in [0.05, 0.1) is 35.2 Å². The molecule has 3 aromatic carbocycles. The molecular formula is C26H27Cl2N5Ni. The topological polar surface area (TPSA) is 38.9 Å². The molecular weight excluding hydrogens is 512 g/mol. The minimum absolute atomic E-state index is 0.569. The maximum absolute atomic E-state index is 4.97. The first-order valence-corrected chi connectivity index (χ1v) is 13.9. The fraction of sp³-hybridized carbons (Fsp3) is 0.231. The Labute approximate surface area is 214 Å². The fourth-order valence-electron chi connectivity index (χ4n) is 4.42. The summed E-state index contributed by atoms with van der Waals surface area (Å²) < 4.78 is 4.63. The van der Waals surface area contributed by atoms with Crippen LogP contribution >= 0.6 is 20.4 Å². The quantitative estimate of drug-likeness (QED) is 0.209. The van der Waals surface area contributed by atoms with E-state index in [0.717, 1.165) is 48.9 Å². The molecule has 180 valence electrons. The fourth-order valence-corrected chi connectivity index (χ4v) is 4.42. The normalized spacial score (nSPS) is 11.1. The first kappa shape index (κ1) is 24.6. The summed E-state index contributed by atoms with van der Waals surface area (Å²) in [4.78, 5) is 12.3. The van der Waals surface area contributed by atoms with Crippen LogP contribution in [0.3, 0.4) is 0 Å². The van der Waals surface area contributed by atoms with Crippen LogP contribution in [0.2, 0.25) is 0 Å². The number of imidazole rings is 2. The molecule has 0 saturated heterocycles. The molecule has 0 amide bonds. The van der Waals surface area contributed by atoms with Crippen molar-refractivity contribution in [3.05, 3.63) is 90.5 Å². The van der Waals surface area contributed by atoms with Crippen LogP contribution in [0, 0.1) is 0 Å². The molecule has 0 spiro atoms. The van der Waals surface area contributed by atoms with Crippen molar-refractivity contribution >= 4 is 48.1 Å². The molecule has 0 N–H and O–H groups in total. The van der Waals surface area contributed by atoms with Crippen molar-refractivity contribution in [3.63, 3.8) is 0 Å². The Balaban J connectivity index is 0.000000868. The van der Waals surface area contributed by atoms with Crippen LogP contribution in [0.5, 0.6) is 0 Å². The number of fused-ring (bicyclic) bond motifs is 2. The summed E-state index contributed by atoms with van der Waals surface area (Å²) in [6.45, 7) is 7.60. The van der Waals surface area contributed by atoms with Gasteiger partial charge in [-0.25, -0.2) is 9.97 Å². The van der Waals surface area contributed by atoms with E-state index in [1.54, 1.807) is 0 Å². The van der Waals surface area contributed by atoms with E-state index in [-0.39, 0.29) is 0 Å². The molecule has 0 aliphatic carbocycles. The number of para-hydroxylation sites is 5. The van der Waals surface area contributed by atoms with Gasteiger partial charge in [-0.15, -0.1) is 0 Å². The van der Waals surface area contributed by atoms with Crippen molar-refractivity contribution in [2.45, 2.75) is 40.0 Å². The summed E-state index contributed by atoms with van der Waals surface area (Å²) in [6, 6.07) is 27.3. The summed E-state index contributed by atoms with van der Waals surface area (Å²) in [6.07, 6.45) is 0. The zero-order valence-corrected chi connectivity index (χ0v) is 21.6. The van der Waals surface area contributed by atoms with Crippen molar-refractivity contribution in [2.75, 3.05) is 4.90 Å². The van der Waals surface area contributed by atoms with Gasteiger partial charge in [0, 0.05) is 18.8 Å². The van der Waals surface area contributed by atoms with E-state index in [2.05, 4.69) is 107 Å². The van der Waals surface area contributed by atoms with E-state index >= 15 is 0 Å². The van der Waals surface area contributed by atoms with Crippen LogP contribution in [0.25, 0.3) is 22.1 Å². The van der Waals surface area contributed by atoms with Gasteiger partial charge in [-0.2, -0.15) is 0 Å². The number of aryl methyl sites for hydroxylation is 2. The first-order chi connectivity index (χ1) is 16.7.